The molecule has 0 aliphatic heterocycles. The van der Waals surface area contributed by atoms with E-state index < -0.39 is 0 Å². The van der Waals surface area contributed by atoms with Crippen molar-refractivity contribution in [2.24, 2.45) is 11.8 Å². The third-order valence-corrected chi connectivity index (χ3v) is 2.44. The second-order valence-electron chi connectivity index (χ2n) is 3.26. The maximum absolute atomic E-state index is 3.28. The van der Waals surface area contributed by atoms with Crippen molar-refractivity contribution < 1.29 is 0 Å². The first kappa shape index (κ1) is 7.66. The molecular formula is C10H16. The van der Waals surface area contributed by atoms with E-state index in [-0.39, 0.29) is 0 Å². The molecule has 0 bridgehead atoms. The molecule has 1 aliphatic carbocycles. The molecule has 0 heteroatoms. The molecule has 0 saturated heterocycles. The summed E-state index contributed by atoms with van der Waals surface area (Å²) < 4.78 is 0. The number of hydrogen-bond donors (Lipinski definition) is 0. The molecular weight excluding hydrogens is 120 g/mol. The molecule has 2 atom stereocenters. The molecule has 1 rings (SSSR count). The summed E-state index contributed by atoms with van der Waals surface area (Å²) in [5, 5.41) is 0. The van der Waals surface area contributed by atoms with E-state index in [2.05, 4.69) is 18.8 Å². The van der Waals surface area contributed by atoms with Gasteiger partial charge in [0.1, 0.15) is 0 Å². The Labute approximate surface area is 64.0 Å². The molecule has 56 valence electrons. The summed E-state index contributed by atoms with van der Waals surface area (Å²) in [5.74, 6) is 7.86. The van der Waals surface area contributed by atoms with Crippen molar-refractivity contribution in [3.63, 3.8) is 0 Å². The van der Waals surface area contributed by atoms with Crippen LogP contribution in [0.25, 0.3) is 0 Å². The van der Waals surface area contributed by atoms with Crippen LogP contribution in [0.2, 0.25) is 0 Å². The molecule has 1 aliphatic rings. The van der Waals surface area contributed by atoms with Gasteiger partial charge in [0, 0.05) is 5.92 Å². The fourth-order valence-corrected chi connectivity index (χ4v) is 1.72. The van der Waals surface area contributed by atoms with Gasteiger partial charge in [-0.3, -0.25) is 0 Å². The van der Waals surface area contributed by atoms with Crippen LogP contribution in [-0.2, 0) is 0 Å². The van der Waals surface area contributed by atoms with Gasteiger partial charge in [0.25, 0.3) is 0 Å². The topological polar surface area (TPSA) is 0 Å². The molecule has 1 saturated carbocycles. The van der Waals surface area contributed by atoms with Gasteiger partial charge in [-0.1, -0.05) is 25.7 Å². The van der Waals surface area contributed by atoms with Gasteiger partial charge < -0.3 is 0 Å². The van der Waals surface area contributed by atoms with Crippen LogP contribution >= 0.6 is 0 Å². The SMILES string of the molecule is CC#CC1CCCCC1C. The monoisotopic (exact) mass is 136 g/mol. The molecule has 0 amide bonds. The molecule has 0 spiro atoms. The normalized spacial score (nSPS) is 32.6. The fourth-order valence-electron chi connectivity index (χ4n) is 1.72. The lowest BCUT2D eigenvalue weighted by molar-refractivity contribution is 0.316. The zero-order valence-electron chi connectivity index (χ0n) is 6.98. The van der Waals surface area contributed by atoms with E-state index >= 15 is 0 Å². The quantitative estimate of drug-likeness (QED) is 0.449. The van der Waals surface area contributed by atoms with Gasteiger partial charge in [-0.25, -0.2) is 0 Å². The van der Waals surface area contributed by atoms with Crippen LogP contribution in [0, 0.1) is 23.7 Å². The number of rotatable bonds is 0. The highest BCUT2D eigenvalue weighted by atomic mass is 14.2. The summed E-state index contributed by atoms with van der Waals surface area (Å²) >= 11 is 0. The predicted octanol–water partition coefficient (Wildman–Crippen LogP) is 2.84. The maximum atomic E-state index is 3.28. The largest absolute Gasteiger partial charge is 0.106 e. The van der Waals surface area contributed by atoms with Crippen LogP contribution in [0.4, 0.5) is 0 Å². The first-order valence-corrected chi connectivity index (χ1v) is 4.27. The summed E-state index contributed by atoms with van der Waals surface area (Å²) in [5.41, 5.74) is 0. The molecule has 0 aromatic carbocycles. The average Bonchev–Trinajstić information content (AvgIpc) is 1.94. The van der Waals surface area contributed by atoms with Crippen molar-refractivity contribution >= 4 is 0 Å². The average molecular weight is 136 g/mol. The van der Waals surface area contributed by atoms with Crippen molar-refractivity contribution in [2.45, 2.75) is 39.5 Å². The predicted molar refractivity (Wildman–Crippen MR) is 44.6 cm³/mol. The van der Waals surface area contributed by atoms with Crippen LogP contribution in [-0.4, -0.2) is 0 Å². The van der Waals surface area contributed by atoms with E-state index in [1.54, 1.807) is 0 Å². The van der Waals surface area contributed by atoms with E-state index in [1.807, 2.05) is 6.92 Å². The first-order chi connectivity index (χ1) is 4.84. The minimum Gasteiger partial charge on any atom is -0.106 e. The van der Waals surface area contributed by atoms with Gasteiger partial charge in [0.2, 0.25) is 0 Å². The van der Waals surface area contributed by atoms with Gasteiger partial charge in [-0.05, 0) is 25.7 Å². The lowest BCUT2D eigenvalue weighted by Crippen LogP contribution is -2.14. The second kappa shape index (κ2) is 3.66. The lowest BCUT2D eigenvalue weighted by atomic mass is 9.81. The first-order valence-electron chi connectivity index (χ1n) is 4.27. The van der Waals surface area contributed by atoms with E-state index in [0.29, 0.717) is 5.92 Å². The Morgan fingerprint density at radius 1 is 1.20 bits per heavy atom. The highest BCUT2D eigenvalue weighted by molar-refractivity contribution is 5.03. The van der Waals surface area contributed by atoms with Crippen LogP contribution in [0.5, 0.6) is 0 Å². The Hall–Kier alpha value is -0.440. The van der Waals surface area contributed by atoms with Crippen LogP contribution in [0.1, 0.15) is 39.5 Å². The standard InChI is InChI=1S/C10H16/c1-3-6-10-8-5-4-7-9(10)2/h9-10H,4-5,7-8H2,1-2H3. The summed E-state index contributed by atoms with van der Waals surface area (Å²) in [6.07, 6.45) is 5.54. The minimum absolute atomic E-state index is 0.707. The van der Waals surface area contributed by atoms with E-state index in [0.717, 1.165) is 5.92 Å². The molecule has 0 nitrogen and oxygen atoms in total. The lowest BCUT2D eigenvalue weighted by Gasteiger charge is -2.23. The van der Waals surface area contributed by atoms with E-state index in [4.69, 9.17) is 0 Å². The highest BCUT2D eigenvalue weighted by Crippen LogP contribution is 2.28. The molecule has 10 heavy (non-hydrogen) atoms. The van der Waals surface area contributed by atoms with Gasteiger partial charge >= 0.3 is 0 Å². The zero-order chi connectivity index (χ0) is 7.40. The van der Waals surface area contributed by atoms with E-state index in [9.17, 15) is 0 Å². The van der Waals surface area contributed by atoms with Crippen LogP contribution < -0.4 is 0 Å². The molecule has 1 fully saturated rings. The van der Waals surface area contributed by atoms with Gasteiger partial charge in [-0.15, -0.1) is 5.92 Å². The third-order valence-electron chi connectivity index (χ3n) is 2.44. The minimum atomic E-state index is 0.707. The Bertz CT molecular complexity index is 147. The summed E-state index contributed by atoms with van der Waals surface area (Å²) in [6, 6.07) is 0. The van der Waals surface area contributed by atoms with E-state index in [1.165, 1.54) is 25.7 Å². The van der Waals surface area contributed by atoms with Crippen LogP contribution in [0.3, 0.4) is 0 Å². The smallest absolute Gasteiger partial charge is 0.0228 e. The highest BCUT2D eigenvalue weighted by Gasteiger charge is 2.18. The van der Waals surface area contributed by atoms with Gasteiger partial charge in [0.05, 0.1) is 0 Å². The maximum Gasteiger partial charge on any atom is 0.0228 e. The molecule has 0 radical (unpaired) electrons. The van der Waals surface area contributed by atoms with Crippen molar-refractivity contribution in [1.29, 1.82) is 0 Å². The summed E-state index contributed by atoms with van der Waals surface area (Å²) in [4.78, 5) is 0. The molecule has 0 aromatic heterocycles. The number of hydrogen-bond acceptors (Lipinski definition) is 0. The Kier molecular flexibility index (Phi) is 2.81. The van der Waals surface area contributed by atoms with Crippen molar-refractivity contribution in [3.8, 4) is 11.8 Å². The summed E-state index contributed by atoms with van der Waals surface area (Å²) in [7, 11) is 0. The van der Waals surface area contributed by atoms with Crippen molar-refractivity contribution in [1.82, 2.24) is 0 Å². The summed E-state index contributed by atoms with van der Waals surface area (Å²) in [6.45, 7) is 4.27. The van der Waals surface area contributed by atoms with Gasteiger partial charge in [-0.2, -0.15) is 0 Å². The Morgan fingerprint density at radius 2 is 1.90 bits per heavy atom. The Balaban J connectivity index is 2.45. The molecule has 0 heterocycles. The van der Waals surface area contributed by atoms with Gasteiger partial charge in [0.15, 0.2) is 0 Å². The zero-order valence-corrected chi connectivity index (χ0v) is 6.98. The molecule has 2 unspecified atom stereocenters. The molecule has 0 N–H and O–H groups in total. The van der Waals surface area contributed by atoms with Crippen molar-refractivity contribution in [3.05, 3.63) is 0 Å². The second-order valence-corrected chi connectivity index (χ2v) is 3.26. The fraction of sp³-hybridized carbons (Fsp3) is 0.800. The third kappa shape index (κ3) is 1.77. The molecule has 0 aromatic rings. The van der Waals surface area contributed by atoms with Crippen LogP contribution in [0.15, 0.2) is 0 Å². The van der Waals surface area contributed by atoms with Crippen molar-refractivity contribution in [2.75, 3.05) is 0 Å². The Morgan fingerprint density at radius 3 is 2.50 bits per heavy atom.